The van der Waals surface area contributed by atoms with Gasteiger partial charge in [-0.25, -0.2) is 4.98 Å². The monoisotopic (exact) mass is 220 g/mol. The summed E-state index contributed by atoms with van der Waals surface area (Å²) in [6.45, 7) is 2.72. The van der Waals surface area contributed by atoms with Crippen LogP contribution in [0.1, 0.15) is 18.5 Å². The van der Waals surface area contributed by atoms with Crippen molar-refractivity contribution in [2.24, 2.45) is 7.05 Å². The van der Waals surface area contributed by atoms with Gasteiger partial charge in [-0.1, -0.05) is 6.92 Å². The molecule has 0 saturated heterocycles. The zero-order chi connectivity index (χ0) is 11.5. The summed E-state index contributed by atoms with van der Waals surface area (Å²) >= 11 is 0. The van der Waals surface area contributed by atoms with E-state index in [1.165, 1.54) is 0 Å². The Balaban J connectivity index is 2.34. The summed E-state index contributed by atoms with van der Waals surface area (Å²) < 4.78 is 7.44. The maximum atomic E-state index is 5.64. The summed E-state index contributed by atoms with van der Waals surface area (Å²) in [7, 11) is 3.78. The van der Waals surface area contributed by atoms with E-state index < -0.39 is 0 Å². The van der Waals surface area contributed by atoms with E-state index in [4.69, 9.17) is 4.42 Å². The second kappa shape index (κ2) is 4.49. The molecule has 0 bridgehead atoms. The van der Waals surface area contributed by atoms with E-state index in [0.29, 0.717) is 12.4 Å². The maximum Gasteiger partial charge on any atom is 0.208 e. The van der Waals surface area contributed by atoms with Crippen molar-refractivity contribution in [2.75, 3.05) is 7.05 Å². The zero-order valence-electron chi connectivity index (χ0n) is 9.82. The number of aryl methyl sites for hydroxylation is 2. The summed E-state index contributed by atoms with van der Waals surface area (Å²) in [6, 6.07) is 0. The normalized spacial score (nSPS) is 10.9. The van der Waals surface area contributed by atoms with Crippen LogP contribution in [0.15, 0.2) is 16.8 Å². The Morgan fingerprint density at radius 2 is 2.31 bits per heavy atom. The average molecular weight is 220 g/mol. The molecule has 5 nitrogen and oxygen atoms in total. The van der Waals surface area contributed by atoms with Crippen molar-refractivity contribution in [3.63, 3.8) is 0 Å². The van der Waals surface area contributed by atoms with Crippen LogP contribution in [0.5, 0.6) is 0 Å². The molecule has 0 unspecified atom stereocenters. The number of nitrogens with zero attached hydrogens (tertiary/aromatic N) is 3. The molecular weight excluding hydrogens is 204 g/mol. The first-order chi connectivity index (χ1) is 7.74. The van der Waals surface area contributed by atoms with Crippen molar-refractivity contribution in [3.8, 4) is 11.3 Å². The molecule has 0 aliphatic rings. The highest BCUT2D eigenvalue weighted by Gasteiger charge is 2.12. The highest BCUT2D eigenvalue weighted by molar-refractivity contribution is 5.58. The van der Waals surface area contributed by atoms with E-state index in [9.17, 15) is 0 Å². The van der Waals surface area contributed by atoms with Crippen LogP contribution in [0, 0.1) is 0 Å². The summed E-state index contributed by atoms with van der Waals surface area (Å²) in [5.41, 5.74) is 2.06. The van der Waals surface area contributed by atoms with Crippen molar-refractivity contribution >= 4 is 0 Å². The highest BCUT2D eigenvalue weighted by atomic mass is 16.4. The zero-order valence-corrected chi connectivity index (χ0v) is 9.82. The van der Waals surface area contributed by atoms with Gasteiger partial charge in [-0.2, -0.15) is 5.10 Å². The molecule has 0 radical (unpaired) electrons. The lowest BCUT2D eigenvalue weighted by Crippen LogP contribution is -2.04. The fourth-order valence-electron chi connectivity index (χ4n) is 1.67. The van der Waals surface area contributed by atoms with E-state index in [0.717, 1.165) is 23.4 Å². The van der Waals surface area contributed by atoms with Gasteiger partial charge >= 0.3 is 0 Å². The Kier molecular flexibility index (Phi) is 3.05. The first-order valence-electron chi connectivity index (χ1n) is 5.36. The van der Waals surface area contributed by atoms with Crippen LogP contribution in [0.25, 0.3) is 11.3 Å². The first kappa shape index (κ1) is 10.9. The van der Waals surface area contributed by atoms with Crippen LogP contribution in [0.2, 0.25) is 0 Å². The van der Waals surface area contributed by atoms with Gasteiger partial charge in [0.15, 0.2) is 5.76 Å². The fraction of sp³-hybridized carbons (Fsp3) is 0.455. The van der Waals surface area contributed by atoms with Gasteiger partial charge in [0.1, 0.15) is 0 Å². The minimum Gasteiger partial charge on any atom is -0.439 e. The molecule has 0 amide bonds. The molecule has 0 aliphatic carbocycles. The molecule has 5 heteroatoms. The minimum absolute atomic E-state index is 0.641. The van der Waals surface area contributed by atoms with E-state index in [1.807, 2.05) is 20.3 Å². The molecule has 2 aromatic rings. The highest BCUT2D eigenvalue weighted by Crippen LogP contribution is 2.23. The van der Waals surface area contributed by atoms with Crippen molar-refractivity contribution < 1.29 is 4.42 Å². The van der Waals surface area contributed by atoms with Crippen molar-refractivity contribution in [1.82, 2.24) is 20.1 Å². The third-order valence-corrected chi connectivity index (χ3v) is 2.39. The molecule has 0 fully saturated rings. The van der Waals surface area contributed by atoms with E-state index >= 15 is 0 Å². The smallest absolute Gasteiger partial charge is 0.208 e. The van der Waals surface area contributed by atoms with E-state index in [1.54, 1.807) is 10.9 Å². The Morgan fingerprint density at radius 1 is 1.50 bits per heavy atom. The number of oxazole rings is 1. The molecule has 2 aromatic heterocycles. The Morgan fingerprint density at radius 3 is 3.00 bits per heavy atom. The largest absolute Gasteiger partial charge is 0.439 e. The van der Waals surface area contributed by atoms with Crippen LogP contribution in [-0.2, 0) is 20.0 Å². The summed E-state index contributed by atoms with van der Waals surface area (Å²) in [4.78, 5) is 4.20. The lowest BCUT2D eigenvalue weighted by atomic mass is 10.2. The predicted octanol–water partition coefficient (Wildman–Crippen LogP) is 1.36. The van der Waals surface area contributed by atoms with Gasteiger partial charge in [0.25, 0.3) is 0 Å². The summed E-state index contributed by atoms with van der Waals surface area (Å²) in [5.74, 6) is 1.48. The minimum atomic E-state index is 0.641. The molecule has 0 aliphatic heterocycles. The molecular formula is C11H16N4O. The molecule has 2 heterocycles. The molecule has 0 spiro atoms. The number of hydrogen-bond acceptors (Lipinski definition) is 4. The number of rotatable bonds is 4. The van der Waals surface area contributed by atoms with Gasteiger partial charge in [0.2, 0.25) is 5.89 Å². The van der Waals surface area contributed by atoms with Crippen molar-refractivity contribution in [2.45, 2.75) is 19.9 Å². The maximum absolute atomic E-state index is 5.64. The second-order valence-corrected chi connectivity index (χ2v) is 3.67. The molecule has 16 heavy (non-hydrogen) atoms. The van der Waals surface area contributed by atoms with Crippen molar-refractivity contribution in [3.05, 3.63) is 24.0 Å². The second-order valence-electron chi connectivity index (χ2n) is 3.67. The van der Waals surface area contributed by atoms with Crippen LogP contribution in [0.3, 0.4) is 0 Å². The van der Waals surface area contributed by atoms with Gasteiger partial charge in [-0.3, -0.25) is 4.68 Å². The SMILES string of the molecule is CCc1nn(C)cc1-c1cnc(CNC)o1. The molecule has 86 valence electrons. The Labute approximate surface area is 94.5 Å². The van der Waals surface area contributed by atoms with Crippen LogP contribution in [0.4, 0.5) is 0 Å². The quantitative estimate of drug-likeness (QED) is 0.845. The lowest BCUT2D eigenvalue weighted by Gasteiger charge is -1.94. The Bertz CT molecular complexity index is 472. The van der Waals surface area contributed by atoms with Crippen LogP contribution in [-0.4, -0.2) is 21.8 Å². The first-order valence-corrected chi connectivity index (χ1v) is 5.36. The number of aromatic nitrogens is 3. The molecule has 0 saturated carbocycles. The number of nitrogens with one attached hydrogen (secondary N) is 1. The molecule has 0 aromatic carbocycles. The van der Waals surface area contributed by atoms with Crippen molar-refractivity contribution in [1.29, 1.82) is 0 Å². The number of hydrogen-bond donors (Lipinski definition) is 1. The third kappa shape index (κ3) is 1.99. The topological polar surface area (TPSA) is 55.9 Å². The molecule has 0 atom stereocenters. The molecule has 2 rings (SSSR count). The molecule has 1 N–H and O–H groups in total. The van der Waals surface area contributed by atoms with Gasteiger partial charge in [-0.15, -0.1) is 0 Å². The van der Waals surface area contributed by atoms with Gasteiger partial charge < -0.3 is 9.73 Å². The summed E-state index contributed by atoms with van der Waals surface area (Å²) in [6.07, 6.45) is 4.60. The van der Waals surface area contributed by atoms with E-state index in [2.05, 4.69) is 22.3 Å². The summed E-state index contributed by atoms with van der Waals surface area (Å²) in [5, 5.41) is 7.38. The average Bonchev–Trinajstić information content (AvgIpc) is 2.85. The standard InChI is InChI=1S/C11H16N4O/c1-4-9-8(7-15(3)14-9)10-5-13-11(16-10)6-12-2/h5,7,12H,4,6H2,1-3H3. The van der Waals surface area contributed by atoms with Crippen LogP contribution >= 0.6 is 0 Å². The fourth-order valence-corrected chi connectivity index (χ4v) is 1.67. The van der Waals surface area contributed by atoms with Crippen LogP contribution < -0.4 is 5.32 Å². The predicted molar refractivity (Wildman–Crippen MR) is 60.8 cm³/mol. The lowest BCUT2D eigenvalue weighted by molar-refractivity contribution is 0.490. The van der Waals surface area contributed by atoms with Gasteiger partial charge in [-0.05, 0) is 13.5 Å². The third-order valence-electron chi connectivity index (χ3n) is 2.39. The van der Waals surface area contributed by atoms with E-state index in [-0.39, 0.29) is 0 Å². The Hall–Kier alpha value is -1.62. The van der Waals surface area contributed by atoms with Gasteiger partial charge in [0.05, 0.1) is 24.0 Å². The van der Waals surface area contributed by atoms with Gasteiger partial charge in [0, 0.05) is 13.2 Å².